The molecule has 138 valence electrons. The van der Waals surface area contributed by atoms with Crippen LogP contribution in [0.25, 0.3) is 5.82 Å². The molecule has 1 fully saturated rings. The van der Waals surface area contributed by atoms with Gasteiger partial charge >= 0.3 is 0 Å². The standard InChI is InChI=1S/C20H21N5O2/c26-20(14-27-17-6-2-1-3-7-17)24-9-4-5-16(13-24)18-11-22-12-19(23-18)25-10-8-21-15-25/h1-3,6-8,10-12,15-16H,4-5,9,13-14H2/t16-/m0/s1. The normalized spacial score (nSPS) is 16.9. The van der Waals surface area contributed by atoms with Crippen molar-refractivity contribution in [3.05, 3.63) is 67.1 Å². The van der Waals surface area contributed by atoms with Gasteiger partial charge in [0.05, 0.1) is 11.9 Å². The summed E-state index contributed by atoms with van der Waals surface area (Å²) in [6.07, 6.45) is 10.7. The maximum Gasteiger partial charge on any atom is 0.260 e. The molecule has 1 aromatic carbocycles. The van der Waals surface area contributed by atoms with Crippen molar-refractivity contribution in [3.8, 4) is 11.6 Å². The fourth-order valence-corrected chi connectivity index (χ4v) is 3.28. The van der Waals surface area contributed by atoms with Crippen LogP contribution in [-0.4, -0.2) is 50.0 Å². The third-order valence-corrected chi connectivity index (χ3v) is 4.71. The highest BCUT2D eigenvalue weighted by Crippen LogP contribution is 2.26. The summed E-state index contributed by atoms with van der Waals surface area (Å²) < 4.78 is 7.43. The first-order valence-electron chi connectivity index (χ1n) is 9.05. The molecule has 0 unspecified atom stereocenters. The first-order valence-corrected chi connectivity index (χ1v) is 9.05. The summed E-state index contributed by atoms with van der Waals surface area (Å²) in [5, 5.41) is 0. The SMILES string of the molecule is O=C(COc1ccccc1)N1CCC[C@H](c2cncc(-n3ccnc3)n2)C1. The van der Waals surface area contributed by atoms with Crippen LogP contribution in [0.1, 0.15) is 24.5 Å². The molecule has 0 aliphatic carbocycles. The smallest absolute Gasteiger partial charge is 0.260 e. The monoisotopic (exact) mass is 363 g/mol. The van der Waals surface area contributed by atoms with Crippen LogP contribution in [0.5, 0.6) is 5.75 Å². The zero-order valence-corrected chi connectivity index (χ0v) is 14.9. The number of ether oxygens (including phenoxy) is 1. The molecule has 0 spiro atoms. The number of nitrogens with zero attached hydrogens (tertiary/aromatic N) is 5. The Kier molecular flexibility index (Phi) is 5.09. The van der Waals surface area contributed by atoms with Gasteiger partial charge in [0, 0.05) is 37.6 Å². The van der Waals surface area contributed by atoms with Crippen LogP contribution in [0.4, 0.5) is 0 Å². The van der Waals surface area contributed by atoms with Gasteiger partial charge < -0.3 is 9.64 Å². The third-order valence-electron chi connectivity index (χ3n) is 4.71. The Hall–Kier alpha value is -3.22. The molecule has 0 N–H and O–H groups in total. The first kappa shape index (κ1) is 17.2. The van der Waals surface area contributed by atoms with E-state index in [-0.39, 0.29) is 18.4 Å². The van der Waals surface area contributed by atoms with Crippen molar-refractivity contribution < 1.29 is 9.53 Å². The van der Waals surface area contributed by atoms with Gasteiger partial charge in [0.15, 0.2) is 12.4 Å². The summed E-state index contributed by atoms with van der Waals surface area (Å²) in [4.78, 5) is 27.5. The number of carbonyl (C=O) groups excluding carboxylic acids is 1. The van der Waals surface area contributed by atoms with Crippen LogP contribution in [0.3, 0.4) is 0 Å². The van der Waals surface area contributed by atoms with Gasteiger partial charge in [-0.3, -0.25) is 14.3 Å². The van der Waals surface area contributed by atoms with E-state index in [1.807, 2.05) is 46.0 Å². The lowest BCUT2D eigenvalue weighted by Crippen LogP contribution is -2.41. The number of hydrogen-bond acceptors (Lipinski definition) is 5. The summed E-state index contributed by atoms with van der Waals surface area (Å²) in [5.74, 6) is 1.62. The molecule has 4 rings (SSSR count). The Bertz CT molecular complexity index is 882. The summed E-state index contributed by atoms with van der Waals surface area (Å²) >= 11 is 0. The second-order valence-corrected chi connectivity index (χ2v) is 6.55. The quantitative estimate of drug-likeness (QED) is 0.696. The number of amides is 1. The lowest BCUT2D eigenvalue weighted by Gasteiger charge is -2.32. The summed E-state index contributed by atoms with van der Waals surface area (Å²) in [5.41, 5.74) is 0.905. The van der Waals surface area contributed by atoms with E-state index in [1.54, 1.807) is 24.9 Å². The van der Waals surface area contributed by atoms with E-state index in [0.29, 0.717) is 12.3 Å². The largest absolute Gasteiger partial charge is 0.484 e. The van der Waals surface area contributed by atoms with Crippen molar-refractivity contribution in [2.45, 2.75) is 18.8 Å². The van der Waals surface area contributed by atoms with E-state index in [0.717, 1.165) is 30.9 Å². The molecular weight excluding hydrogens is 342 g/mol. The Balaban J connectivity index is 1.40. The first-order chi connectivity index (χ1) is 13.3. The van der Waals surface area contributed by atoms with Crippen LogP contribution in [0.15, 0.2) is 61.4 Å². The molecule has 1 amide bonds. The lowest BCUT2D eigenvalue weighted by molar-refractivity contribution is -0.134. The van der Waals surface area contributed by atoms with Gasteiger partial charge in [-0.25, -0.2) is 9.97 Å². The Morgan fingerprint density at radius 2 is 2.07 bits per heavy atom. The Morgan fingerprint density at radius 3 is 2.89 bits per heavy atom. The van der Waals surface area contributed by atoms with Crippen LogP contribution in [0, 0.1) is 0 Å². The molecule has 3 heterocycles. The number of piperidine rings is 1. The number of carbonyl (C=O) groups is 1. The summed E-state index contributed by atoms with van der Waals surface area (Å²) in [7, 11) is 0. The highest BCUT2D eigenvalue weighted by molar-refractivity contribution is 5.78. The average molecular weight is 363 g/mol. The van der Waals surface area contributed by atoms with Crippen molar-refractivity contribution in [1.82, 2.24) is 24.4 Å². The summed E-state index contributed by atoms with van der Waals surface area (Å²) in [6.45, 7) is 1.44. The second kappa shape index (κ2) is 7.99. The molecule has 2 aromatic heterocycles. The number of para-hydroxylation sites is 1. The number of aromatic nitrogens is 4. The molecule has 1 aliphatic heterocycles. The van der Waals surface area contributed by atoms with Crippen LogP contribution in [0.2, 0.25) is 0 Å². The fourth-order valence-electron chi connectivity index (χ4n) is 3.28. The van der Waals surface area contributed by atoms with Gasteiger partial charge in [-0.05, 0) is 25.0 Å². The van der Waals surface area contributed by atoms with Crippen molar-refractivity contribution >= 4 is 5.91 Å². The van der Waals surface area contributed by atoms with Gasteiger partial charge in [-0.1, -0.05) is 18.2 Å². The maximum atomic E-state index is 12.6. The second-order valence-electron chi connectivity index (χ2n) is 6.55. The number of hydrogen-bond donors (Lipinski definition) is 0. The zero-order valence-electron chi connectivity index (χ0n) is 14.9. The van der Waals surface area contributed by atoms with Crippen LogP contribution < -0.4 is 4.74 Å². The van der Waals surface area contributed by atoms with Crippen molar-refractivity contribution in [2.75, 3.05) is 19.7 Å². The van der Waals surface area contributed by atoms with Crippen molar-refractivity contribution in [3.63, 3.8) is 0 Å². The predicted molar refractivity (Wildman–Crippen MR) is 99.6 cm³/mol. The number of imidazole rings is 1. The van der Waals surface area contributed by atoms with E-state index in [1.165, 1.54) is 0 Å². The lowest BCUT2D eigenvalue weighted by atomic mass is 9.95. The Morgan fingerprint density at radius 1 is 1.19 bits per heavy atom. The topological polar surface area (TPSA) is 73.1 Å². The molecule has 3 aromatic rings. The third kappa shape index (κ3) is 4.13. The maximum absolute atomic E-state index is 12.6. The van der Waals surface area contributed by atoms with Gasteiger partial charge in [0.25, 0.3) is 5.91 Å². The number of likely N-dealkylation sites (tertiary alicyclic amines) is 1. The van der Waals surface area contributed by atoms with Gasteiger partial charge in [-0.2, -0.15) is 0 Å². The van der Waals surface area contributed by atoms with E-state index in [4.69, 9.17) is 9.72 Å². The van der Waals surface area contributed by atoms with E-state index in [9.17, 15) is 4.79 Å². The molecule has 7 heteroatoms. The highest BCUT2D eigenvalue weighted by atomic mass is 16.5. The molecule has 27 heavy (non-hydrogen) atoms. The predicted octanol–water partition coefficient (Wildman–Crippen LogP) is 2.45. The van der Waals surface area contributed by atoms with E-state index < -0.39 is 0 Å². The number of rotatable bonds is 5. The molecule has 7 nitrogen and oxygen atoms in total. The van der Waals surface area contributed by atoms with Crippen LogP contribution >= 0.6 is 0 Å². The highest BCUT2D eigenvalue weighted by Gasteiger charge is 2.26. The molecular formula is C20H21N5O2. The van der Waals surface area contributed by atoms with Crippen LogP contribution in [-0.2, 0) is 4.79 Å². The Labute approximate surface area is 157 Å². The fraction of sp³-hybridized carbons (Fsp3) is 0.300. The molecule has 0 radical (unpaired) electrons. The van der Waals surface area contributed by atoms with Gasteiger partial charge in [0.2, 0.25) is 0 Å². The average Bonchev–Trinajstić information content (AvgIpc) is 3.28. The van der Waals surface area contributed by atoms with E-state index >= 15 is 0 Å². The minimum Gasteiger partial charge on any atom is -0.484 e. The molecule has 1 atom stereocenters. The van der Waals surface area contributed by atoms with Crippen molar-refractivity contribution in [2.24, 2.45) is 0 Å². The van der Waals surface area contributed by atoms with Gasteiger partial charge in [-0.15, -0.1) is 0 Å². The number of benzene rings is 1. The molecule has 0 bridgehead atoms. The molecule has 1 aliphatic rings. The summed E-state index contributed by atoms with van der Waals surface area (Å²) in [6, 6.07) is 9.40. The molecule has 0 saturated carbocycles. The van der Waals surface area contributed by atoms with Gasteiger partial charge in [0.1, 0.15) is 12.1 Å². The minimum absolute atomic E-state index is 0.00211. The van der Waals surface area contributed by atoms with Crippen molar-refractivity contribution in [1.29, 1.82) is 0 Å². The zero-order chi connectivity index (χ0) is 18.5. The minimum atomic E-state index is 0.00211. The molecule has 1 saturated heterocycles. The van der Waals surface area contributed by atoms with E-state index in [2.05, 4.69) is 9.97 Å².